The number of nitrogens with zero attached hydrogens (tertiary/aromatic N) is 1. The third kappa shape index (κ3) is 5.55. The summed E-state index contributed by atoms with van der Waals surface area (Å²) >= 11 is 7.17. The molecule has 1 saturated heterocycles. The van der Waals surface area contributed by atoms with Crippen molar-refractivity contribution in [2.75, 3.05) is 14.2 Å². The van der Waals surface area contributed by atoms with Crippen LogP contribution in [0.15, 0.2) is 57.9 Å². The number of amides is 2. The summed E-state index contributed by atoms with van der Waals surface area (Å²) in [5.41, 5.74) is 1.12. The fraction of sp³-hybridized carbons (Fsp3) is 0.160. The molecule has 3 aromatic rings. The number of hydrogen-bond acceptors (Lipinski definition) is 8. The number of methoxy groups -OCH3 is 2. The molecular formula is C25H19ClFNO7S. The maximum atomic E-state index is 13.4. The van der Waals surface area contributed by atoms with Crippen molar-refractivity contribution in [1.82, 2.24) is 4.90 Å². The molecular weight excluding hydrogens is 513 g/mol. The van der Waals surface area contributed by atoms with E-state index in [9.17, 15) is 18.8 Å². The summed E-state index contributed by atoms with van der Waals surface area (Å²) in [4.78, 5) is 38.1. The van der Waals surface area contributed by atoms with Gasteiger partial charge in [0, 0.05) is 0 Å². The Morgan fingerprint density at radius 2 is 1.97 bits per heavy atom. The molecule has 2 heterocycles. The highest BCUT2D eigenvalue weighted by molar-refractivity contribution is 8.18. The van der Waals surface area contributed by atoms with Crippen LogP contribution in [0.2, 0.25) is 5.02 Å². The number of esters is 1. The molecule has 11 heteroatoms. The predicted molar refractivity (Wildman–Crippen MR) is 130 cm³/mol. The lowest BCUT2D eigenvalue weighted by molar-refractivity contribution is -0.123. The number of benzene rings is 2. The topological polar surface area (TPSA) is 95.3 Å². The molecule has 0 spiro atoms. The summed E-state index contributed by atoms with van der Waals surface area (Å²) in [5.74, 6) is -0.787. The van der Waals surface area contributed by atoms with E-state index in [-0.39, 0.29) is 46.2 Å². The highest BCUT2D eigenvalue weighted by Crippen LogP contribution is 2.39. The summed E-state index contributed by atoms with van der Waals surface area (Å²) in [5, 5.41) is -0.280. The first-order chi connectivity index (χ1) is 17.3. The van der Waals surface area contributed by atoms with Crippen LogP contribution in [0.5, 0.6) is 11.5 Å². The number of furan rings is 1. The van der Waals surface area contributed by atoms with E-state index in [4.69, 9.17) is 25.5 Å². The number of rotatable bonds is 8. The third-order valence-corrected chi connectivity index (χ3v) is 6.25. The number of thioether (sulfide) groups is 1. The van der Waals surface area contributed by atoms with Crippen molar-refractivity contribution in [2.45, 2.75) is 13.2 Å². The Bertz CT molecular complexity index is 1370. The summed E-state index contributed by atoms with van der Waals surface area (Å²) in [6.45, 7) is -0.0769. The number of ether oxygens (including phenoxy) is 3. The minimum atomic E-state index is -0.663. The van der Waals surface area contributed by atoms with Crippen LogP contribution in [-0.2, 0) is 22.7 Å². The molecule has 0 radical (unpaired) electrons. The SMILES string of the molecule is COC(=O)c1ccc(CN2C(=O)S/C(=C/c3cc(Cl)c(OCc4cccc(F)c4)c(OC)c3)C2=O)o1. The van der Waals surface area contributed by atoms with Crippen molar-refractivity contribution >= 4 is 46.6 Å². The molecule has 1 fully saturated rings. The Morgan fingerprint density at radius 3 is 2.69 bits per heavy atom. The molecule has 0 saturated carbocycles. The van der Waals surface area contributed by atoms with Crippen LogP contribution in [0.1, 0.15) is 27.4 Å². The van der Waals surface area contributed by atoms with Gasteiger partial charge in [-0.15, -0.1) is 0 Å². The van der Waals surface area contributed by atoms with Crippen molar-refractivity contribution in [2.24, 2.45) is 0 Å². The van der Waals surface area contributed by atoms with Gasteiger partial charge in [-0.25, -0.2) is 9.18 Å². The largest absolute Gasteiger partial charge is 0.493 e. The van der Waals surface area contributed by atoms with Crippen LogP contribution in [0.25, 0.3) is 6.08 Å². The molecule has 8 nitrogen and oxygen atoms in total. The molecule has 1 aromatic heterocycles. The number of hydrogen-bond donors (Lipinski definition) is 0. The zero-order valence-corrected chi connectivity index (χ0v) is 20.7. The van der Waals surface area contributed by atoms with E-state index >= 15 is 0 Å². The molecule has 2 aromatic carbocycles. The van der Waals surface area contributed by atoms with Gasteiger partial charge < -0.3 is 18.6 Å². The lowest BCUT2D eigenvalue weighted by Gasteiger charge is -2.14. The molecule has 0 bridgehead atoms. The van der Waals surface area contributed by atoms with E-state index in [0.29, 0.717) is 16.9 Å². The molecule has 0 atom stereocenters. The van der Waals surface area contributed by atoms with E-state index < -0.39 is 17.1 Å². The number of carbonyl (C=O) groups is 3. The van der Waals surface area contributed by atoms with Crippen LogP contribution in [0.3, 0.4) is 0 Å². The Hall–Kier alpha value is -3.76. The Balaban J connectivity index is 1.51. The lowest BCUT2D eigenvalue weighted by atomic mass is 10.1. The second-order valence-electron chi connectivity index (χ2n) is 7.48. The first kappa shape index (κ1) is 25.3. The lowest BCUT2D eigenvalue weighted by Crippen LogP contribution is -2.27. The van der Waals surface area contributed by atoms with Crippen LogP contribution >= 0.6 is 23.4 Å². The highest BCUT2D eigenvalue weighted by Gasteiger charge is 2.36. The second kappa shape index (κ2) is 10.9. The minimum Gasteiger partial charge on any atom is -0.493 e. The molecule has 1 aliphatic rings. The zero-order valence-electron chi connectivity index (χ0n) is 19.1. The van der Waals surface area contributed by atoms with Gasteiger partial charge in [0.25, 0.3) is 11.1 Å². The fourth-order valence-corrected chi connectivity index (χ4v) is 4.47. The quantitative estimate of drug-likeness (QED) is 0.270. The summed E-state index contributed by atoms with van der Waals surface area (Å²) < 4.78 is 34.5. The molecule has 36 heavy (non-hydrogen) atoms. The van der Waals surface area contributed by atoms with Crippen molar-refractivity contribution in [3.63, 3.8) is 0 Å². The van der Waals surface area contributed by atoms with Gasteiger partial charge >= 0.3 is 5.97 Å². The maximum absolute atomic E-state index is 13.4. The van der Waals surface area contributed by atoms with Crippen LogP contribution < -0.4 is 9.47 Å². The summed E-state index contributed by atoms with van der Waals surface area (Å²) in [6.07, 6.45) is 1.51. The fourth-order valence-electron chi connectivity index (χ4n) is 3.36. The van der Waals surface area contributed by atoms with E-state index in [1.807, 2.05) is 0 Å². The zero-order chi connectivity index (χ0) is 25.8. The predicted octanol–water partition coefficient (Wildman–Crippen LogP) is 5.68. The molecule has 0 aliphatic carbocycles. The normalized spacial score (nSPS) is 14.4. The van der Waals surface area contributed by atoms with E-state index in [2.05, 4.69) is 4.74 Å². The minimum absolute atomic E-state index is 0.0311. The molecule has 0 N–H and O–H groups in total. The number of carbonyl (C=O) groups excluding carboxylic acids is 3. The van der Waals surface area contributed by atoms with Gasteiger partial charge in [-0.05, 0) is 65.4 Å². The van der Waals surface area contributed by atoms with Crippen molar-refractivity contribution in [1.29, 1.82) is 0 Å². The van der Waals surface area contributed by atoms with Gasteiger partial charge in [0.15, 0.2) is 11.5 Å². The van der Waals surface area contributed by atoms with Gasteiger partial charge in [0.05, 0.1) is 30.7 Å². The molecule has 0 unspecified atom stereocenters. The Labute approximate surface area is 214 Å². The van der Waals surface area contributed by atoms with Crippen LogP contribution in [0, 0.1) is 5.82 Å². The number of imide groups is 1. The summed E-state index contributed by atoms with van der Waals surface area (Å²) in [7, 11) is 2.65. The smallest absolute Gasteiger partial charge is 0.373 e. The van der Waals surface area contributed by atoms with E-state index in [0.717, 1.165) is 16.7 Å². The second-order valence-corrected chi connectivity index (χ2v) is 8.88. The molecule has 186 valence electrons. The maximum Gasteiger partial charge on any atom is 0.373 e. The van der Waals surface area contributed by atoms with Crippen molar-refractivity contribution < 1.29 is 37.4 Å². The average Bonchev–Trinajstić information content (AvgIpc) is 3.43. The van der Waals surface area contributed by atoms with Gasteiger partial charge in [-0.2, -0.15) is 0 Å². The molecule has 4 rings (SSSR count). The summed E-state index contributed by atoms with van der Waals surface area (Å²) in [6, 6.07) is 12.0. The monoisotopic (exact) mass is 531 g/mol. The average molecular weight is 532 g/mol. The first-order valence-corrected chi connectivity index (χ1v) is 11.7. The Kier molecular flexibility index (Phi) is 7.66. The molecule has 2 amide bonds. The van der Waals surface area contributed by atoms with Gasteiger partial charge in [0.2, 0.25) is 5.76 Å². The van der Waals surface area contributed by atoms with Crippen LogP contribution in [-0.4, -0.2) is 36.2 Å². The van der Waals surface area contributed by atoms with E-state index in [1.165, 1.54) is 44.6 Å². The first-order valence-electron chi connectivity index (χ1n) is 10.5. The van der Waals surface area contributed by atoms with Gasteiger partial charge in [0.1, 0.15) is 18.2 Å². The Morgan fingerprint density at radius 1 is 1.17 bits per heavy atom. The van der Waals surface area contributed by atoms with Gasteiger partial charge in [-0.1, -0.05) is 23.7 Å². The molecule has 1 aliphatic heterocycles. The third-order valence-electron chi connectivity index (χ3n) is 5.06. The standard InChI is InChI=1S/C25H19ClFNO7S/c1-32-20-10-15(9-18(26)22(20)34-13-14-4-3-5-16(27)8-14)11-21-23(29)28(25(31)36-21)12-17-6-7-19(35-17)24(30)33-2/h3-11H,12-13H2,1-2H3/b21-11+. The van der Waals surface area contributed by atoms with Gasteiger partial charge in [-0.3, -0.25) is 14.5 Å². The van der Waals surface area contributed by atoms with Crippen molar-refractivity contribution in [3.8, 4) is 11.5 Å². The number of halogens is 2. The van der Waals surface area contributed by atoms with Crippen LogP contribution in [0.4, 0.5) is 9.18 Å². The van der Waals surface area contributed by atoms with E-state index in [1.54, 1.807) is 24.3 Å². The highest BCUT2D eigenvalue weighted by atomic mass is 35.5. The van der Waals surface area contributed by atoms with Crippen molar-refractivity contribution in [3.05, 3.63) is 86.9 Å².